The number of benzene rings is 2. The van der Waals surface area contributed by atoms with Crippen LogP contribution in [0.3, 0.4) is 0 Å². The maximum Gasteiger partial charge on any atom is 0.406 e. The molecule has 2 aromatic carbocycles. The van der Waals surface area contributed by atoms with Crippen LogP contribution in [0.4, 0.5) is 0 Å². The zero-order valence-electron chi connectivity index (χ0n) is 17.5. The molecule has 0 radical (unpaired) electrons. The van der Waals surface area contributed by atoms with Gasteiger partial charge in [0, 0.05) is 26.2 Å². The number of carbonyl (C=O) groups is 1. The number of H-pyrrole nitrogens is 1. The van der Waals surface area contributed by atoms with Crippen LogP contribution in [0.1, 0.15) is 21.6 Å². The summed E-state index contributed by atoms with van der Waals surface area (Å²) in [6, 6.07) is 19.4. The van der Waals surface area contributed by atoms with E-state index in [0.29, 0.717) is 32.8 Å². The van der Waals surface area contributed by atoms with Gasteiger partial charge in [-0.3, -0.25) is 9.69 Å². The van der Waals surface area contributed by atoms with E-state index in [1.165, 1.54) is 4.68 Å². The molecule has 0 spiro atoms. The normalized spacial score (nSPS) is 14.5. The molecule has 1 aliphatic heterocycles. The van der Waals surface area contributed by atoms with E-state index >= 15 is 0 Å². The fraction of sp³-hybridized carbons (Fsp3) is 0.348. The summed E-state index contributed by atoms with van der Waals surface area (Å²) >= 11 is 0. The molecule has 2 heterocycles. The maximum atomic E-state index is 13.1. The van der Waals surface area contributed by atoms with Gasteiger partial charge in [-0.2, -0.15) is 0 Å². The van der Waals surface area contributed by atoms with E-state index in [-0.39, 0.29) is 17.2 Å². The van der Waals surface area contributed by atoms with Gasteiger partial charge in [-0.15, -0.1) is 9.36 Å². The van der Waals surface area contributed by atoms with Crippen molar-refractivity contribution in [3.8, 4) is 0 Å². The van der Waals surface area contributed by atoms with Gasteiger partial charge in [0.1, 0.15) is 13.1 Å². The van der Waals surface area contributed by atoms with Crippen molar-refractivity contribution < 1.29 is 14.2 Å². The number of carbonyl (C=O) groups excluding carboxylic acids is 1. The molecular formula is C23H28N5O3+. The Hall–Kier alpha value is -3.23. The maximum absolute atomic E-state index is 13.1. The van der Waals surface area contributed by atoms with Crippen molar-refractivity contribution in [1.29, 1.82) is 0 Å². The third-order valence-corrected chi connectivity index (χ3v) is 5.40. The molecule has 1 fully saturated rings. The summed E-state index contributed by atoms with van der Waals surface area (Å²) in [5.41, 5.74) is 1.77. The minimum atomic E-state index is -0.376. The smallest absolute Gasteiger partial charge is 0.379 e. The van der Waals surface area contributed by atoms with Crippen LogP contribution < -0.4 is 15.6 Å². The van der Waals surface area contributed by atoms with Crippen molar-refractivity contribution >= 4 is 5.91 Å². The third kappa shape index (κ3) is 5.48. The number of nitrogens with one attached hydrogen (secondary N) is 2. The van der Waals surface area contributed by atoms with Crippen molar-refractivity contribution in [2.75, 3.05) is 32.8 Å². The molecule has 0 saturated carbocycles. The molecule has 8 nitrogen and oxygen atoms in total. The highest BCUT2D eigenvalue weighted by atomic mass is 16.5. The lowest BCUT2D eigenvalue weighted by Crippen LogP contribution is -2.50. The SMILES string of the molecule is O=C(NCc1ccccc1)c1c(=O)n(Cc2ccccc2)[nH][n+]1CCN1CCOCC1. The van der Waals surface area contributed by atoms with Crippen molar-refractivity contribution in [3.05, 3.63) is 87.8 Å². The predicted molar refractivity (Wildman–Crippen MR) is 116 cm³/mol. The average Bonchev–Trinajstić information content (AvgIpc) is 3.13. The average molecular weight is 423 g/mol. The lowest BCUT2D eigenvalue weighted by molar-refractivity contribution is -0.756. The Morgan fingerprint density at radius 2 is 1.65 bits per heavy atom. The van der Waals surface area contributed by atoms with E-state index in [1.54, 1.807) is 4.68 Å². The molecular weight excluding hydrogens is 394 g/mol. The molecule has 0 aliphatic carbocycles. The van der Waals surface area contributed by atoms with Crippen LogP contribution in [-0.2, 0) is 24.4 Å². The van der Waals surface area contributed by atoms with E-state index in [0.717, 1.165) is 30.8 Å². The number of rotatable bonds is 8. The highest BCUT2D eigenvalue weighted by Crippen LogP contribution is 2.01. The first-order chi connectivity index (χ1) is 15.2. The molecule has 162 valence electrons. The van der Waals surface area contributed by atoms with Crippen LogP contribution in [0, 0.1) is 0 Å². The fourth-order valence-electron chi connectivity index (χ4n) is 3.67. The second kappa shape index (κ2) is 10.2. The fourth-order valence-corrected chi connectivity index (χ4v) is 3.67. The van der Waals surface area contributed by atoms with Crippen LogP contribution >= 0.6 is 0 Å². The van der Waals surface area contributed by atoms with E-state index in [2.05, 4.69) is 15.4 Å². The van der Waals surface area contributed by atoms with Crippen LogP contribution in [0.25, 0.3) is 0 Å². The molecule has 1 amide bonds. The van der Waals surface area contributed by atoms with Gasteiger partial charge in [-0.25, -0.2) is 4.79 Å². The van der Waals surface area contributed by atoms with Crippen molar-refractivity contribution in [3.63, 3.8) is 0 Å². The summed E-state index contributed by atoms with van der Waals surface area (Å²) in [6.45, 7) is 5.12. The monoisotopic (exact) mass is 422 g/mol. The second-order valence-corrected chi connectivity index (χ2v) is 7.60. The van der Waals surface area contributed by atoms with Gasteiger partial charge in [0.05, 0.1) is 13.2 Å². The molecule has 8 heteroatoms. The first kappa shape index (κ1) is 21.0. The van der Waals surface area contributed by atoms with Crippen LogP contribution in [-0.4, -0.2) is 53.6 Å². The minimum absolute atomic E-state index is 0.125. The number of aromatic amines is 1. The van der Waals surface area contributed by atoms with Crippen molar-refractivity contribution in [2.45, 2.75) is 19.6 Å². The Balaban J connectivity index is 1.54. The first-order valence-corrected chi connectivity index (χ1v) is 10.6. The van der Waals surface area contributed by atoms with Crippen molar-refractivity contribution in [1.82, 2.24) is 20.1 Å². The van der Waals surface area contributed by atoms with E-state index < -0.39 is 0 Å². The number of ether oxygens (including phenoxy) is 1. The lowest BCUT2D eigenvalue weighted by Gasteiger charge is -2.25. The molecule has 4 rings (SSSR count). The zero-order valence-corrected chi connectivity index (χ0v) is 17.5. The Morgan fingerprint density at radius 3 is 2.32 bits per heavy atom. The summed E-state index contributed by atoms with van der Waals surface area (Å²) in [5.74, 6) is -0.376. The third-order valence-electron chi connectivity index (χ3n) is 5.40. The molecule has 1 aromatic heterocycles. The summed E-state index contributed by atoms with van der Waals surface area (Å²) in [6.07, 6.45) is 0. The number of amides is 1. The van der Waals surface area contributed by atoms with Gasteiger partial charge in [0.25, 0.3) is 0 Å². The topological polar surface area (TPSA) is 83.2 Å². The van der Waals surface area contributed by atoms with Gasteiger partial charge in [-0.1, -0.05) is 65.9 Å². The minimum Gasteiger partial charge on any atom is -0.379 e. The number of aromatic nitrogens is 3. The van der Waals surface area contributed by atoms with Crippen molar-refractivity contribution in [2.24, 2.45) is 0 Å². The summed E-state index contributed by atoms with van der Waals surface area (Å²) in [4.78, 5) is 28.4. The van der Waals surface area contributed by atoms with Gasteiger partial charge in [-0.05, 0) is 11.1 Å². The molecule has 3 aromatic rings. The van der Waals surface area contributed by atoms with E-state index in [1.807, 2.05) is 60.7 Å². The van der Waals surface area contributed by atoms with Crippen LogP contribution in [0.15, 0.2) is 65.5 Å². The van der Waals surface area contributed by atoms with E-state index in [4.69, 9.17) is 4.74 Å². The Labute approximate surface area is 181 Å². The van der Waals surface area contributed by atoms with Gasteiger partial charge in [0.15, 0.2) is 0 Å². The van der Waals surface area contributed by atoms with Gasteiger partial charge < -0.3 is 10.1 Å². The first-order valence-electron chi connectivity index (χ1n) is 10.6. The number of hydrogen-bond donors (Lipinski definition) is 2. The quantitative estimate of drug-likeness (QED) is 0.526. The molecule has 0 unspecified atom stereocenters. The zero-order chi connectivity index (χ0) is 21.5. The van der Waals surface area contributed by atoms with Gasteiger partial charge >= 0.3 is 17.2 Å². The predicted octanol–water partition coefficient (Wildman–Crippen LogP) is 0.774. The Morgan fingerprint density at radius 1 is 1.00 bits per heavy atom. The second-order valence-electron chi connectivity index (χ2n) is 7.60. The molecule has 0 atom stereocenters. The van der Waals surface area contributed by atoms with E-state index in [9.17, 15) is 9.59 Å². The molecule has 31 heavy (non-hydrogen) atoms. The molecule has 0 bridgehead atoms. The van der Waals surface area contributed by atoms with Crippen LogP contribution in [0.5, 0.6) is 0 Å². The molecule has 1 aliphatic rings. The number of hydrogen-bond acceptors (Lipinski definition) is 4. The summed E-state index contributed by atoms with van der Waals surface area (Å²) in [5, 5.41) is 6.00. The highest BCUT2D eigenvalue weighted by Gasteiger charge is 2.28. The largest absolute Gasteiger partial charge is 0.406 e. The number of nitrogens with zero attached hydrogens (tertiary/aromatic N) is 3. The Kier molecular flexibility index (Phi) is 6.91. The summed E-state index contributed by atoms with van der Waals surface area (Å²) in [7, 11) is 0. The number of morpholine rings is 1. The standard InChI is InChI=1S/C23H27N5O3/c29-22(24-17-19-7-3-1-4-8-19)21-23(30)28(18-20-9-5-2-6-10-20)25-27(21)12-11-26-13-15-31-16-14-26/h1-10H,11-18H2,(H-,24,25,29,30)/p+1. The van der Waals surface area contributed by atoms with Crippen LogP contribution in [0.2, 0.25) is 0 Å². The lowest BCUT2D eigenvalue weighted by atomic mass is 10.2. The molecule has 2 N–H and O–H groups in total. The Bertz CT molecular complexity index is 1040. The highest BCUT2D eigenvalue weighted by molar-refractivity contribution is 5.90. The molecule has 1 saturated heterocycles. The van der Waals surface area contributed by atoms with Gasteiger partial charge in [0.2, 0.25) is 0 Å². The summed E-state index contributed by atoms with van der Waals surface area (Å²) < 4.78 is 8.56.